The molecule has 0 fully saturated rings. The van der Waals surface area contributed by atoms with Gasteiger partial charge in [0.05, 0.1) is 54.6 Å². The van der Waals surface area contributed by atoms with Crippen molar-refractivity contribution in [3.8, 4) is 5.75 Å². The molecule has 5 unspecified atom stereocenters. The summed E-state index contributed by atoms with van der Waals surface area (Å²) in [5, 5.41) is 22.8. The third-order valence-corrected chi connectivity index (χ3v) is 19.0. The number of carbonyl (C=O) groups excluding carboxylic acids is 12. The number of aliphatic carboxylic acids is 1. The normalized spacial score (nSPS) is 20.2. The van der Waals surface area contributed by atoms with Gasteiger partial charge in [0.2, 0.25) is 23.6 Å². The van der Waals surface area contributed by atoms with Crippen LogP contribution in [0.25, 0.3) is 0 Å². The third kappa shape index (κ3) is 26.9. The number of anilines is 1. The molecule has 0 aliphatic carbocycles. The van der Waals surface area contributed by atoms with Gasteiger partial charge in [0, 0.05) is 108 Å². The third-order valence-electron chi connectivity index (χ3n) is 17.8. The predicted octanol–water partition coefficient (Wildman–Crippen LogP) is 7.85. The molecular weight excluding hydrogens is 1280 g/mol. The van der Waals surface area contributed by atoms with Gasteiger partial charge in [-0.15, -0.1) is 22.9 Å². The van der Waals surface area contributed by atoms with Crippen molar-refractivity contribution < 1.29 is 86.4 Å². The largest absolute Gasteiger partial charge is 0.481 e. The van der Waals surface area contributed by atoms with Crippen LogP contribution in [0.3, 0.4) is 0 Å². The maximum absolute atomic E-state index is 14.5. The molecule has 1 aromatic heterocycles. The molecular formula is C69H104ClN7O18S. The lowest BCUT2D eigenvalue weighted by Gasteiger charge is -2.38. The van der Waals surface area contributed by atoms with E-state index in [4.69, 9.17) is 30.5 Å². The van der Waals surface area contributed by atoms with Crippen LogP contribution in [0.15, 0.2) is 23.6 Å². The number of ether oxygens (including phenoxy) is 4. The summed E-state index contributed by atoms with van der Waals surface area (Å²) in [6, 6.07) is 0.414. The molecule has 1 aliphatic rings. The number of carbonyl (C=O) groups is 13. The van der Waals surface area contributed by atoms with Gasteiger partial charge in [-0.05, 0) is 96.0 Å². The van der Waals surface area contributed by atoms with Gasteiger partial charge in [-0.2, -0.15) is 0 Å². The van der Waals surface area contributed by atoms with Crippen molar-refractivity contribution in [2.24, 2.45) is 41.4 Å². The number of esters is 2. The number of aromatic nitrogens is 1. The van der Waals surface area contributed by atoms with Crippen molar-refractivity contribution in [2.75, 3.05) is 58.8 Å². The Bertz CT molecular complexity index is 3020. The van der Waals surface area contributed by atoms with E-state index in [0.717, 1.165) is 11.3 Å². The minimum absolute atomic E-state index is 0.00359. The zero-order valence-electron chi connectivity index (χ0n) is 58.7. The van der Waals surface area contributed by atoms with E-state index in [1.165, 1.54) is 38.3 Å². The van der Waals surface area contributed by atoms with Crippen LogP contribution in [-0.4, -0.2) is 179 Å². The molecule has 10 atom stereocenters. The minimum atomic E-state index is -1.33. The highest BCUT2D eigenvalue weighted by Crippen LogP contribution is 2.34. The maximum Gasteiger partial charge on any atom is 0.313 e. The number of carboxylic acids is 1. The summed E-state index contributed by atoms with van der Waals surface area (Å²) in [5.74, 6) is -12.3. The zero-order valence-corrected chi connectivity index (χ0v) is 60.3. The Morgan fingerprint density at radius 3 is 2.07 bits per heavy atom. The molecule has 2 heterocycles. The van der Waals surface area contributed by atoms with E-state index >= 15 is 0 Å². The van der Waals surface area contributed by atoms with Crippen molar-refractivity contribution >= 4 is 105 Å². The van der Waals surface area contributed by atoms with Gasteiger partial charge < -0.3 is 50.2 Å². The van der Waals surface area contributed by atoms with Gasteiger partial charge in [-0.3, -0.25) is 67.2 Å². The number of carboxylic acid groups (broad SMARTS) is 1. The van der Waals surface area contributed by atoms with Crippen molar-refractivity contribution in [1.29, 1.82) is 0 Å². The van der Waals surface area contributed by atoms with E-state index in [2.05, 4.69) is 26.3 Å². The predicted molar refractivity (Wildman–Crippen MR) is 361 cm³/mol. The summed E-state index contributed by atoms with van der Waals surface area (Å²) in [5.41, 5.74) is -0.532. The molecule has 0 saturated heterocycles. The van der Waals surface area contributed by atoms with Gasteiger partial charge in [-0.25, -0.2) is 4.98 Å². The minimum Gasteiger partial charge on any atom is -0.481 e. The van der Waals surface area contributed by atoms with Crippen LogP contribution in [0.5, 0.6) is 5.75 Å². The molecule has 0 bridgehead atoms. The number of nitrogens with one attached hydrogen (secondary N) is 4. The average Bonchev–Trinajstić information content (AvgIpc) is 1.17. The molecule has 0 radical (unpaired) electrons. The second-order valence-corrected chi connectivity index (χ2v) is 27.6. The first-order valence-electron chi connectivity index (χ1n) is 33.2. The highest BCUT2D eigenvalue weighted by molar-refractivity contribution is 7.09. The first kappa shape index (κ1) is 83.4. The number of Topliss-reactive ketones (excluding diaryl/α,β-unsaturated/α-hetero) is 5. The van der Waals surface area contributed by atoms with E-state index in [1.807, 2.05) is 60.5 Å². The lowest BCUT2D eigenvalue weighted by atomic mass is 9.81. The first-order valence-corrected chi connectivity index (χ1v) is 34.7. The molecule has 1 aliphatic heterocycles. The number of nitrogens with zero attached hydrogens (tertiary/aromatic N) is 3. The van der Waals surface area contributed by atoms with Crippen LogP contribution in [0.1, 0.15) is 194 Å². The zero-order chi connectivity index (χ0) is 72.3. The van der Waals surface area contributed by atoms with Crippen LogP contribution >= 0.6 is 22.9 Å². The Morgan fingerprint density at radius 2 is 1.50 bits per heavy atom. The monoisotopic (exact) mass is 1390 g/mol. The van der Waals surface area contributed by atoms with Crippen molar-refractivity contribution in [3.05, 3.63) is 39.8 Å². The number of halogens is 1. The fourth-order valence-electron chi connectivity index (χ4n) is 10.9. The second-order valence-electron chi connectivity index (χ2n) is 26.5. The Kier molecular flexibility index (Phi) is 35.4. The number of benzene rings is 1. The molecule has 3 rings (SSSR count). The molecule has 0 saturated carbocycles. The van der Waals surface area contributed by atoms with E-state index in [0.29, 0.717) is 12.0 Å². The van der Waals surface area contributed by atoms with E-state index in [1.54, 1.807) is 38.8 Å². The fraction of sp³-hybridized carbons (Fsp3) is 0.681. The Balaban J connectivity index is 2.01. The number of alkyl halides is 1. The second kappa shape index (κ2) is 40.8. The van der Waals surface area contributed by atoms with Gasteiger partial charge in [0.1, 0.15) is 34.1 Å². The fourth-order valence-corrected chi connectivity index (χ4v) is 11.8. The topological polar surface area (TPSA) is 347 Å². The summed E-state index contributed by atoms with van der Waals surface area (Å²) >= 11 is 6.89. The number of amides is 5. The highest BCUT2D eigenvalue weighted by atomic mass is 35.5. The van der Waals surface area contributed by atoms with Gasteiger partial charge in [0.15, 0.2) is 23.4 Å². The SMILES string of the molecule is CCC(=O)NC1C(=O)CCCOCCC(=O)CC(C(C)C)C(=O)NC(C)C(=O)Nc2cc(C[C@@H](CC(C)C(=O)O)NC(=O)c3csc([C@@H](C[C@H](C(C)C)N(C)C(=O)[C@@H](CC(=O)C(C)(C)N(C)C)[C@@H](C)CC)OC(C)=O)n3)ccc2OC(=O)CCOCCCC(=O)C1CC(=O)CCl. The number of thiazole rings is 1. The van der Waals surface area contributed by atoms with Gasteiger partial charge >= 0.3 is 17.9 Å². The number of hydrogen-bond donors (Lipinski definition) is 5. The average molecular weight is 1390 g/mol. The van der Waals surface area contributed by atoms with Gasteiger partial charge in [-0.1, -0.05) is 67.9 Å². The standard InChI is InChI=1S/C69H104ClN7O18S/c1-16-41(7)50(35-59(83)69(11,12)76(13)14)67(89)77(15)54(40(5)6)36-58(94-44(10)78)66-74-53(38-96-66)65(88)72-46(30-42(8)68(90)91)31-45-22-23-57-52(32-45)73-63(86)43(9)71-64(87)49(39(3)4)33-47(79)24-28-92-27-19-21-56(82)62(75-60(84)17-2)51(34-48(80)37-70)55(81)20-18-26-93-29-25-61(85)95-57/h22-23,32,38-43,46,49-51,54,58,62H,16-21,24-31,33-37H2,1-15H3,(H,71,87)(H,72,88)(H,73,86)(H,75,84)(H,90,91)/t41-,42?,43?,46+,49?,50-,51?,54+,58+,62?/m0/s1. The van der Waals surface area contributed by atoms with Crippen LogP contribution in [-0.2, 0) is 78.2 Å². The Morgan fingerprint density at radius 1 is 0.865 bits per heavy atom. The summed E-state index contributed by atoms with van der Waals surface area (Å²) in [7, 11) is 5.30. The quantitative estimate of drug-likeness (QED) is 0.0340. The molecule has 5 N–H and O–H groups in total. The molecule has 27 heteroatoms. The summed E-state index contributed by atoms with van der Waals surface area (Å²) in [4.78, 5) is 183. The van der Waals surface area contributed by atoms with Gasteiger partial charge in [0.25, 0.3) is 5.91 Å². The smallest absolute Gasteiger partial charge is 0.313 e. The number of likely N-dealkylation sites (N-methyl/N-ethyl adjacent to an activating group) is 1. The summed E-state index contributed by atoms with van der Waals surface area (Å²) in [6.45, 7) is 20.4. The van der Waals surface area contributed by atoms with Crippen LogP contribution in [0, 0.1) is 41.4 Å². The van der Waals surface area contributed by atoms with Crippen LogP contribution in [0.4, 0.5) is 5.69 Å². The van der Waals surface area contributed by atoms with E-state index in [9.17, 15) is 67.4 Å². The molecule has 25 nitrogen and oxygen atoms in total. The Hall–Kier alpha value is -6.87. The molecule has 96 heavy (non-hydrogen) atoms. The molecule has 0 spiro atoms. The van der Waals surface area contributed by atoms with E-state index in [-0.39, 0.29) is 161 Å². The number of fused-ring (bicyclic) bond motifs is 1. The summed E-state index contributed by atoms with van der Waals surface area (Å²) in [6.07, 6.45) is -1.43. The highest BCUT2D eigenvalue weighted by Gasteiger charge is 2.40. The lowest BCUT2D eigenvalue weighted by molar-refractivity contribution is -0.150. The van der Waals surface area contributed by atoms with Crippen LogP contribution in [0.2, 0.25) is 0 Å². The lowest BCUT2D eigenvalue weighted by Crippen LogP contribution is -2.50. The number of ketones is 5. The number of rotatable bonds is 26. The molecule has 536 valence electrons. The van der Waals surface area contributed by atoms with Crippen molar-refractivity contribution in [1.82, 2.24) is 30.7 Å². The van der Waals surface area contributed by atoms with E-state index < -0.39 is 131 Å². The summed E-state index contributed by atoms with van der Waals surface area (Å²) < 4.78 is 23.0. The number of hydrogen-bond acceptors (Lipinski definition) is 20. The molecule has 1 aromatic carbocycles. The van der Waals surface area contributed by atoms with Crippen molar-refractivity contribution in [3.63, 3.8) is 0 Å². The van der Waals surface area contributed by atoms with Crippen LogP contribution < -0.4 is 26.0 Å². The Labute approximate surface area is 574 Å². The molecule has 2 aromatic rings. The maximum atomic E-state index is 14.5. The molecule has 5 amide bonds. The first-order chi connectivity index (χ1) is 45.1. The van der Waals surface area contributed by atoms with Crippen molar-refractivity contribution in [2.45, 2.75) is 209 Å².